The summed E-state index contributed by atoms with van der Waals surface area (Å²) in [6.45, 7) is 9.49. The topological polar surface area (TPSA) is 0 Å². The third kappa shape index (κ3) is 11.3. The molecule has 0 nitrogen and oxygen atoms in total. The third-order valence-corrected chi connectivity index (χ3v) is 45.5. The molecule has 0 fully saturated rings. The van der Waals surface area contributed by atoms with Gasteiger partial charge in [0.2, 0.25) is 0 Å². The first-order chi connectivity index (χ1) is 69.8. The molecule has 0 saturated carbocycles. The van der Waals surface area contributed by atoms with Crippen LogP contribution in [0.25, 0.3) is 307 Å². The zero-order valence-electron chi connectivity index (χ0n) is 76.5. The van der Waals surface area contributed by atoms with E-state index >= 15 is 0 Å². The fourth-order valence-corrected chi connectivity index (χ4v) is 39.1. The minimum atomic E-state index is 0.0172. The van der Waals surface area contributed by atoms with E-state index in [9.17, 15) is 0 Å². The molecule has 664 valence electrons. The zero-order chi connectivity index (χ0) is 92.9. The molecule has 0 N–H and O–H groups in total. The van der Waals surface area contributed by atoms with Crippen molar-refractivity contribution in [2.45, 2.75) is 38.5 Å². The lowest BCUT2D eigenvalue weighted by atomic mass is 9.82. The van der Waals surface area contributed by atoms with Crippen LogP contribution < -0.4 is 0 Å². The summed E-state index contributed by atoms with van der Waals surface area (Å²) in [7, 11) is 0. The molecule has 0 amide bonds. The normalized spacial score (nSPS) is 13.6. The molecule has 0 unspecified atom stereocenters. The van der Waals surface area contributed by atoms with Crippen LogP contribution in [-0.4, -0.2) is 0 Å². The Labute approximate surface area is 859 Å². The fourth-order valence-electron chi connectivity index (χ4n) is 25.0. The van der Waals surface area contributed by atoms with Crippen molar-refractivity contribution in [1.29, 1.82) is 0 Å². The van der Waals surface area contributed by atoms with Crippen LogP contribution in [0.2, 0.25) is 0 Å². The molecule has 0 aliphatic heterocycles. The van der Waals surface area contributed by atoms with Gasteiger partial charge in [-0.3, -0.25) is 0 Å². The molecule has 2 aliphatic rings. The number of hydrogen-bond acceptors (Lipinski definition) is 12. The summed E-state index contributed by atoms with van der Waals surface area (Å²) < 4.78 is 33.3. The van der Waals surface area contributed by atoms with Gasteiger partial charge in [0, 0.05) is 256 Å². The Bertz CT molecular complexity index is 11300. The number of hydrogen-bond donors (Lipinski definition) is 0. The summed E-state index contributed by atoms with van der Waals surface area (Å²) in [5.74, 6) is 0. The van der Waals surface area contributed by atoms with Crippen LogP contribution in [0.1, 0.15) is 49.9 Å². The van der Waals surface area contributed by atoms with E-state index in [0.29, 0.717) is 0 Å². The molecular formula is C130H72S12. The minimum absolute atomic E-state index is 0.0172. The van der Waals surface area contributed by atoms with Gasteiger partial charge < -0.3 is 0 Å². The average molecular weight is 2020 g/mol. The largest absolute Gasteiger partial charge is 0.135 e. The summed E-state index contributed by atoms with van der Waals surface area (Å²) in [6.07, 6.45) is 0. The van der Waals surface area contributed by atoms with E-state index in [1.165, 1.54) is 330 Å². The Balaban J connectivity index is 0.0000000838. The van der Waals surface area contributed by atoms with Crippen molar-refractivity contribution in [3.05, 3.63) is 386 Å². The van der Waals surface area contributed by atoms with Crippen LogP contribution in [0.5, 0.6) is 0 Å². The van der Waals surface area contributed by atoms with Gasteiger partial charge in [-0.2, -0.15) is 0 Å². The lowest BCUT2D eigenvalue weighted by Gasteiger charge is -2.21. The summed E-state index contributed by atoms with van der Waals surface area (Å²) >= 11 is 23.2. The lowest BCUT2D eigenvalue weighted by Crippen LogP contribution is -2.14. The van der Waals surface area contributed by atoms with E-state index in [1.54, 1.807) is 0 Å². The van der Waals surface area contributed by atoms with Crippen LogP contribution >= 0.6 is 136 Å². The molecular weight excluding hydrogens is 1950 g/mol. The first-order valence-electron chi connectivity index (χ1n) is 48.2. The highest BCUT2D eigenvalue weighted by molar-refractivity contribution is 7.35. The molecule has 0 saturated heterocycles. The second kappa shape index (κ2) is 29.6. The number of thiophene rings is 12. The maximum Gasteiger partial charge on any atom is 0.0534 e. The van der Waals surface area contributed by atoms with Gasteiger partial charge in [-0.05, 0) is 200 Å². The first kappa shape index (κ1) is 81.1. The van der Waals surface area contributed by atoms with Gasteiger partial charge >= 0.3 is 0 Å². The summed E-state index contributed by atoms with van der Waals surface area (Å²) in [6, 6.07) is 137. The highest BCUT2D eigenvalue weighted by Crippen LogP contribution is 2.60. The van der Waals surface area contributed by atoms with Gasteiger partial charge in [-0.1, -0.05) is 258 Å². The highest BCUT2D eigenvalue weighted by atomic mass is 32.1. The monoisotopic (exact) mass is 2020 g/mol. The van der Waals surface area contributed by atoms with Crippen molar-refractivity contribution in [2.24, 2.45) is 0 Å². The smallest absolute Gasteiger partial charge is 0.0534 e. The number of benzene rings is 22. The zero-order valence-corrected chi connectivity index (χ0v) is 86.3. The van der Waals surface area contributed by atoms with E-state index in [0.717, 1.165) is 0 Å². The number of fused-ring (bicyclic) bond motifs is 56. The Morgan fingerprint density at radius 3 is 0.754 bits per heavy atom. The summed E-state index contributed by atoms with van der Waals surface area (Å²) in [4.78, 5) is 0. The van der Waals surface area contributed by atoms with Gasteiger partial charge in [0.1, 0.15) is 0 Å². The molecule has 12 aromatic heterocycles. The SMILES string of the molecule is CC1(C)c2ccccc2-c2cc3c(cc21)sc1ccc2ccc4sc5ccccc5c4c2c13.CC1(C)c2ccccc2-c2cc3sc4ccc5ccc6sc7ccccc7c6c5c4c3cc21.c1ccc2c(c1)sc1c2ccc2c1sc1ccc3ccc4sc5c(ccc6c7ccccc7sc65)c4c3c12.c1ccc2c(c1)sc1cc3c(cc12)sc1ccc2ccc4sc5cc6c(cc5c4c2c13)sc1ccccc16. The van der Waals surface area contributed by atoms with Gasteiger partial charge in [-0.15, -0.1) is 136 Å². The second-order valence-corrected chi connectivity index (χ2v) is 52.4. The molecule has 34 aromatic rings. The Hall–Kier alpha value is -13.5. The summed E-state index contributed by atoms with van der Waals surface area (Å²) in [5, 5.41) is 44.5. The molecule has 22 aromatic carbocycles. The molecule has 0 bridgehead atoms. The maximum atomic E-state index is 2.51. The Morgan fingerprint density at radius 1 is 0.127 bits per heavy atom. The van der Waals surface area contributed by atoms with E-state index in [-0.39, 0.29) is 10.8 Å². The van der Waals surface area contributed by atoms with Crippen LogP contribution in [0.4, 0.5) is 0 Å². The lowest BCUT2D eigenvalue weighted by molar-refractivity contribution is 0.661. The van der Waals surface area contributed by atoms with Gasteiger partial charge in [-0.25, -0.2) is 0 Å². The second-order valence-electron chi connectivity index (χ2n) is 39.6. The molecule has 0 radical (unpaired) electrons. The molecule has 142 heavy (non-hydrogen) atoms. The predicted octanol–water partition coefficient (Wildman–Crippen LogP) is 44.4. The predicted molar refractivity (Wildman–Crippen MR) is 646 cm³/mol. The quantitative estimate of drug-likeness (QED) is 0.142. The molecule has 0 atom stereocenters. The van der Waals surface area contributed by atoms with Crippen LogP contribution in [0.3, 0.4) is 0 Å². The van der Waals surface area contributed by atoms with E-state index in [1.807, 2.05) is 136 Å². The molecule has 12 heterocycles. The summed E-state index contributed by atoms with van der Waals surface area (Å²) in [5.41, 5.74) is 11.5. The van der Waals surface area contributed by atoms with Gasteiger partial charge in [0.05, 0.1) is 18.8 Å². The van der Waals surface area contributed by atoms with Crippen molar-refractivity contribution in [3.63, 3.8) is 0 Å². The highest BCUT2D eigenvalue weighted by Gasteiger charge is 2.38. The number of rotatable bonds is 0. The standard InChI is InChI=1S/2C34H16S4.2C31H20S2/c1-3-7-24-18(5-1)20-11-13-22-29-26(37-33(22)31(20)35-24)15-9-17-10-16-27-30(28(17)29)23-14-12-21-19-6-2-4-8-25(19)36-32(21)34(23)38-27;1-3-7-24-18(5-1)20-13-30-22(15-28(20)35-24)33-26(37-30)11-9-17-10-12-27-34(32(17)33)23-16-29-21(14-31(23)38-27)19-6-2-4-8-25(19)36-29;1-31(2)22-9-5-3-7-18(22)20-16-27-21(15-23(20)31)30-26(33-27)14-12-17-11-13-25-29(28(17)30)19-8-4-6-10-24(19)32-25;1-31(2)22-9-5-3-7-18(22)20-15-21-27(16-23(20)31)33-26-14-12-17-11-13-25-29(28(17)30(21)26)19-8-4-6-10-24(19)32-25/h2*1-16H;2*3-16H,1-2H3. The average Bonchev–Trinajstić information content (AvgIpc) is 1.55. The maximum absolute atomic E-state index is 2.51. The van der Waals surface area contributed by atoms with Crippen molar-refractivity contribution < 1.29 is 0 Å². The van der Waals surface area contributed by atoms with Gasteiger partial charge in [0.15, 0.2) is 0 Å². The Kier molecular flexibility index (Phi) is 16.9. The molecule has 36 rings (SSSR count). The van der Waals surface area contributed by atoms with Crippen molar-refractivity contribution in [2.75, 3.05) is 0 Å². The fraction of sp³-hybridized carbons (Fsp3) is 0.0462. The van der Waals surface area contributed by atoms with Crippen molar-refractivity contribution >= 4 is 421 Å². The third-order valence-electron chi connectivity index (χ3n) is 31.4. The van der Waals surface area contributed by atoms with Gasteiger partial charge in [0.25, 0.3) is 0 Å². The van der Waals surface area contributed by atoms with E-state index < -0.39 is 0 Å². The van der Waals surface area contributed by atoms with Crippen molar-refractivity contribution in [1.82, 2.24) is 0 Å². The molecule has 12 heteroatoms. The van der Waals surface area contributed by atoms with Crippen LogP contribution in [0, 0.1) is 0 Å². The van der Waals surface area contributed by atoms with E-state index in [4.69, 9.17) is 0 Å². The molecule has 0 spiro atoms. The van der Waals surface area contributed by atoms with Crippen LogP contribution in [0.15, 0.2) is 364 Å². The van der Waals surface area contributed by atoms with Crippen LogP contribution in [-0.2, 0) is 10.8 Å². The Morgan fingerprint density at radius 2 is 0.359 bits per heavy atom. The first-order valence-corrected chi connectivity index (χ1v) is 58.0. The van der Waals surface area contributed by atoms with Crippen molar-refractivity contribution in [3.8, 4) is 22.3 Å². The minimum Gasteiger partial charge on any atom is -0.135 e. The van der Waals surface area contributed by atoms with E-state index in [2.05, 4.69) is 392 Å². The molecule has 2 aliphatic carbocycles.